The molecule has 2 rings (SSSR count). The van der Waals surface area contributed by atoms with Gasteiger partial charge in [0.15, 0.2) is 0 Å². The van der Waals surface area contributed by atoms with Crippen LogP contribution < -0.4 is 4.74 Å². The summed E-state index contributed by atoms with van der Waals surface area (Å²) < 4.78 is 5.55. The van der Waals surface area contributed by atoms with E-state index in [0.717, 1.165) is 18.3 Å². The minimum atomic E-state index is 0.856. The molecule has 0 aromatic heterocycles. The molecule has 1 aliphatic rings. The van der Waals surface area contributed by atoms with Crippen molar-refractivity contribution in [3.05, 3.63) is 30.3 Å². The zero-order chi connectivity index (χ0) is 8.93. The average molecular weight is 175 g/mol. The molecule has 0 saturated heterocycles. The third-order valence-corrected chi connectivity index (χ3v) is 2.40. The van der Waals surface area contributed by atoms with Crippen molar-refractivity contribution in [2.24, 2.45) is 5.92 Å². The maximum absolute atomic E-state index is 5.55. The van der Waals surface area contributed by atoms with Gasteiger partial charge in [0.2, 0.25) is 0 Å². The summed E-state index contributed by atoms with van der Waals surface area (Å²) in [5, 5.41) is 0. The van der Waals surface area contributed by atoms with Crippen LogP contribution in [0, 0.1) is 12.0 Å². The van der Waals surface area contributed by atoms with Crippen molar-refractivity contribution >= 4 is 0 Å². The normalized spacial score (nSPS) is 15.7. The predicted octanol–water partition coefficient (Wildman–Crippen LogP) is 3.06. The second-order valence-corrected chi connectivity index (χ2v) is 3.67. The van der Waals surface area contributed by atoms with Crippen molar-refractivity contribution in [2.75, 3.05) is 6.61 Å². The van der Waals surface area contributed by atoms with Crippen LogP contribution in [0.3, 0.4) is 0 Å². The largest absolute Gasteiger partial charge is 0.494 e. The summed E-state index contributed by atoms with van der Waals surface area (Å²) in [5.41, 5.74) is 0. The van der Waals surface area contributed by atoms with Gasteiger partial charge in [-0.05, 0) is 37.0 Å². The van der Waals surface area contributed by atoms with Gasteiger partial charge in [-0.15, -0.1) is 0 Å². The van der Waals surface area contributed by atoms with E-state index in [2.05, 4.69) is 6.07 Å². The van der Waals surface area contributed by atoms with Gasteiger partial charge in [0, 0.05) is 0 Å². The third-order valence-electron chi connectivity index (χ3n) is 2.40. The van der Waals surface area contributed by atoms with Crippen LogP contribution in [0.25, 0.3) is 0 Å². The highest BCUT2D eigenvalue weighted by molar-refractivity contribution is 5.19. The Balaban J connectivity index is 1.61. The van der Waals surface area contributed by atoms with Crippen molar-refractivity contribution in [1.82, 2.24) is 0 Å². The summed E-state index contributed by atoms with van der Waals surface area (Å²) >= 11 is 0. The lowest BCUT2D eigenvalue weighted by Crippen LogP contribution is -1.97. The molecule has 1 aromatic rings. The highest BCUT2D eigenvalue weighted by Gasteiger charge is 2.19. The first-order valence-corrected chi connectivity index (χ1v) is 5.04. The molecule has 13 heavy (non-hydrogen) atoms. The first kappa shape index (κ1) is 8.61. The molecule has 1 saturated carbocycles. The van der Waals surface area contributed by atoms with E-state index in [1.54, 1.807) is 0 Å². The van der Waals surface area contributed by atoms with Crippen molar-refractivity contribution in [3.8, 4) is 5.75 Å². The summed E-state index contributed by atoms with van der Waals surface area (Å²) in [6, 6.07) is 10.7. The molecule has 0 bridgehead atoms. The molecule has 0 N–H and O–H groups in total. The molecule has 0 unspecified atom stereocenters. The van der Waals surface area contributed by atoms with Gasteiger partial charge in [-0.3, -0.25) is 0 Å². The second-order valence-electron chi connectivity index (χ2n) is 3.67. The van der Waals surface area contributed by atoms with Crippen LogP contribution in [0.4, 0.5) is 0 Å². The van der Waals surface area contributed by atoms with Crippen molar-refractivity contribution in [2.45, 2.75) is 25.7 Å². The topological polar surface area (TPSA) is 9.23 Å². The van der Waals surface area contributed by atoms with E-state index < -0.39 is 0 Å². The molecule has 0 heterocycles. The molecule has 0 amide bonds. The molecule has 1 aliphatic carbocycles. The van der Waals surface area contributed by atoms with E-state index in [1.807, 2.05) is 24.3 Å². The number of benzene rings is 1. The minimum absolute atomic E-state index is 0.856. The van der Waals surface area contributed by atoms with Crippen LogP contribution in [0.2, 0.25) is 0 Å². The Morgan fingerprint density at radius 1 is 1.46 bits per heavy atom. The first-order valence-electron chi connectivity index (χ1n) is 5.04. The summed E-state index contributed by atoms with van der Waals surface area (Å²) in [6.45, 7) is 0.856. The van der Waals surface area contributed by atoms with E-state index in [1.165, 1.54) is 25.7 Å². The fourth-order valence-corrected chi connectivity index (χ4v) is 1.44. The molecule has 1 aromatic carbocycles. The fourth-order valence-electron chi connectivity index (χ4n) is 1.44. The Bertz CT molecular complexity index is 239. The zero-order valence-corrected chi connectivity index (χ0v) is 7.83. The van der Waals surface area contributed by atoms with Crippen LogP contribution >= 0.6 is 0 Å². The predicted molar refractivity (Wildman–Crippen MR) is 52.7 cm³/mol. The van der Waals surface area contributed by atoms with Gasteiger partial charge in [0.25, 0.3) is 0 Å². The van der Waals surface area contributed by atoms with E-state index in [9.17, 15) is 0 Å². The number of rotatable bonds is 5. The van der Waals surface area contributed by atoms with Gasteiger partial charge >= 0.3 is 0 Å². The second kappa shape index (κ2) is 4.31. The lowest BCUT2D eigenvalue weighted by molar-refractivity contribution is 0.303. The molecular weight excluding hydrogens is 160 g/mol. The molecule has 0 aliphatic heterocycles. The number of hydrogen-bond acceptors (Lipinski definition) is 1. The Morgan fingerprint density at radius 3 is 3.08 bits per heavy atom. The SMILES string of the molecule is [c]1cccc(OCCCC2CC2)c1. The highest BCUT2D eigenvalue weighted by Crippen LogP contribution is 2.33. The monoisotopic (exact) mass is 175 g/mol. The Kier molecular flexibility index (Phi) is 2.86. The average Bonchev–Trinajstić information content (AvgIpc) is 2.98. The summed E-state index contributed by atoms with van der Waals surface area (Å²) in [4.78, 5) is 0. The molecule has 1 radical (unpaired) electrons. The van der Waals surface area contributed by atoms with E-state index in [0.29, 0.717) is 0 Å². The van der Waals surface area contributed by atoms with Gasteiger partial charge in [0.1, 0.15) is 5.75 Å². The van der Waals surface area contributed by atoms with Gasteiger partial charge in [-0.25, -0.2) is 0 Å². The summed E-state index contributed by atoms with van der Waals surface area (Å²) in [5.74, 6) is 1.96. The van der Waals surface area contributed by atoms with Crippen molar-refractivity contribution in [3.63, 3.8) is 0 Å². The first-order chi connectivity index (χ1) is 6.45. The Hall–Kier alpha value is -0.980. The quantitative estimate of drug-likeness (QED) is 0.625. The van der Waals surface area contributed by atoms with Crippen LogP contribution in [0.1, 0.15) is 25.7 Å². The van der Waals surface area contributed by atoms with Crippen molar-refractivity contribution in [1.29, 1.82) is 0 Å². The lowest BCUT2D eigenvalue weighted by Gasteiger charge is -2.04. The molecule has 0 spiro atoms. The van der Waals surface area contributed by atoms with Gasteiger partial charge < -0.3 is 4.74 Å². The maximum Gasteiger partial charge on any atom is 0.119 e. The van der Waals surface area contributed by atoms with E-state index in [-0.39, 0.29) is 0 Å². The lowest BCUT2D eigenvalue weighted by atomic mass is 10.2. The maximum atomic E-state index is 5.55. The standard InChI is InChI=1S/C12H15O/c1-2-6-12(7-3-1)13-10-4-5-11-8-9-11/h1-2,6-7,11H,4-5,8-10H2. The van der Waals surface area contributed by atoms with Gasteiger partial charge in [-0.1, -0.05) is 25.0 Å². The van der Waals surface area contributed by atoms with Crippen LogP contribution in [-0.4, -0.2) is 6.61 Å². The van der Waals surface area contributed by atoms with Crippen LogP contribution in [-0.2, 0) is 0 Å². The molecule has 69 valence electrons. The minimum Gasteiger partial charge on any atom is -0.494 e. The van der Waals surface area contributed by atoms with Crippen LogP contribution in [0.5, 0.6) is 5.75 Å². The number of ether oxygens (including phenoxy) is 1. The van der Waals surface area contributed by atoms with E-state index >= 15 is 0 Å². The van der Waals surface area contributed by atoms with Gasteiger partial charge in [0.05, 0.1) is 6.61 Å². The van der Waals surface area contributed by atoms with Crippen molar-refractivity contribution < 1.29 is 4.74 Å². The number of hydrogen-bond donors (Lipinski definition) is 0. The zero-order valence-electron chi connectivity index (χ0n) is 7.83. The molecule has 0 atom stereocenters. The molecule has 1 nitrogen and oxygen atoms in total. The molecular formula is C12H15O. The molecule has 1 heteroatoms. The molecule has 1 fully saturated rings. The third kappa shape index (κ3) is 3.10. The highest BCUT2D eigenvalue weighted by atomic mass is 16.5. The summed E-state index contributed by atoms with van der Waals surface area (Å²) in [7, 11) is 0. The smallest absolute Gasteiger partial charge is 0.119 e. The van der Waals surface area contributed by atoms with E-state index in [4.69, 9.17) is 4.74 Å². The Labute approximate surface area is 79.7 Å². The van der Waals surface area contributed by atoms with Gasteiger partial charge in [-0.2, -0.15) is 0 Å². The Morgan fingerprint density at radius 2 is 2.38 bits per heavy atom. The van der Waals surface area contributed by atoms with Crippen LogP contribution in [0.15, 0.2) is 24.3 Å². The fraction of sp³-hybridized carbons (Fsp3) is 0.500. The summed E-state index contributed by atoms with van der Waals surface area (Å²) in [6.07, 6.45) is 5.42.